The number of hydrogen-bond donors (Lipinski definition) is 2. The average molecular weight is 244 g/mol. The van der Waals surface area contributed by atoms with Gasteiger partial charge in [-0.15, -0.1) is 0 Å². The Balaban J connectivity index is 0.000000171. The van der Waals surface area contributed by atoms with Crippen LogP contribution >= 0.6 is 0 Å². The third kappa shape index (κ3) is 6.99. The van der Waals surface area contributed by atoms with Gasteiger partial charge in [-0.2, -0.15) is 0 Å². The van der Waals surface area contributed by atoms with Gasteiger partial charge in [-0.3, -0.25) is 9.68 Å². The maximum atomic E-state index is 5.23. The summed E-state index contributed by atoms with van der Waals surface area (Å²) < 4.78 is 0. The predicted octanol–water partition coefficient (Wildman–Crippen LogP) is 2.55. The summed E-state index contributed by atoms with van der Waals surface area (Å²) in [6, 6.07) is 0. The molecule has 4 nitrogen and oxygen atoms in total. The van der Waals surface area contributed by atoms with E-state index in [0.29, 0.717) is 12.2 Å². The molecular weight excluding hydrogens is 216 g/mol. The summed E-state index contributed by atoms with van der Waals surface area (Å²) in [5.41, 5.74) is 5.45. The molecule has 102 valence electrons. The Morgan fingerprint density at radius 3 is 1.35 bits per heavy atom. The van der Waals surface area contributed by atoms with E-state index >= 15 is 0 Å². The van der Waals surface area contributed by atoms with Gasteiger partial charge in [0.15, 0.2) is 0 Å². The first-order valence-corrected chi connectivity index (χ1v) is 7.01. The minimum Gasteiger partial charge on any atom is -0.299 e. The van der Waals surface area contributed by atoms with Gasteiger partial charge in [0, 0.05) is 14.1 Å². The fraction of sp³-hybridized carbons (Fsp3) is 1.00. The molecule has 2 rings (SSSR count). The zero-order chi connectivity index (χ0) is 12.3. The monoisotopic (exact) mass is 244 g/mol. The van der Waals surface area contributed by atoms with Crippen LogP contribution in [0.4, 0.5) is 0 Å². The Morgan fingerprint density at radius 1 is 0.647 bits per heavy atom. The average Bonchev–Trinajstić information content (AvgIpc) is 2.85. The molecule has 0 atom stereocenters. The zero-order valence-electron chi connectivity index (χ0n) is 11.3. The Kier molecular flexibility index (Phi) is 8.61. The number of hydrogen-bond acceptors (Lipinski definition) is 4. The summed E-state index contributed by atoms with van der Waals surface area (Å²) in [5, 5.41) is 0. The highest BCUT2D eigenvalue weighted by molar-refractivity contribution is 4.65. The molecule has 0 aromatic carbocycles. The van der Waals surface area contributed by atoms with Crippen LogP contribution < -0.4 is 11.0 Å². The van der Waals surface area contributed by atoms with E-state index in [-0.39, 0.29) is 0 Å². The SMILES string of the molecule is CNOC1CCCC1.CNOC1CCCCC1. The first-order chi connectivity index (χ1) is 8.36. The molecule has 0 aromatic rings. The van der Waals surface area contributed by atoms with E-state index in [2.05, 4.69) is 11.0 Å². The maximum absolute atomic E-state index is 5.23. The summed E-state index contributed by atoms with van der Waals surface area (Å²) in [7, 11) is 3.65. The Hall–Kier alpha value is -0.160. The lowest BCUT2D eigenvalue weighted by Gasteiger charge is -2.20. The lowest BCUT2D eigenvalue weighted by Crippen LogP contribution is -2.22. The van der Waals surface area contributed by atoms with Gasteiger partial charge in [0.25, 0.3) is 0 Å². The molecular formula is C13H28N2O2. The van der Waals surface area contributed by atoms with E-state index in [0.717, 1.165) is 0 Å². The lowest BCUT2D eigenvalue weighted by atomic mass is 9.98. The second-order valence-corrected chi connectivity index (χ2v) is 4.81. The van der Waals surface area contributed by atoms with Crippen LogP contribution in [0.1, 0.15) is 57.8 Å². The number of rotatable bonds is 4. The van der Waals surface area contributed by atoms with Crippen molar-refractivity contribution in [2.45, 2.75) is 70.0 Å². The van der Waals surface area contributed by atoms with Crippen LogP contribution in [0.15, 0.2) is 0 Å². The van der Waals surface area contributed by atoms with Crippen LogP contribution in [0.25, 0.3) is 0 Å². The van der Waals surface area contributed by atoms with Crippen LogP contribution in [0.2, 0.25) is 0 Å². The van der Waals surface area contributed by atoms with E-state index in [1.54, 1.807) is 0 Å². The van der Waals surface area contributed by atoms with Gasteiger partial charge >= 0.3 is 0 Å². The van der Waals surface area contributed by atoms with Gasteiger partial charge in [0.05, 0.1) is 12.2 Å². The molecule has 4 heteroatoms. The molecule has 0 spiro atoms. The van der Waals surface area contributed by atoms with Crippen molar-refractivity contribution in [3.8, 4) is 0 Å². The van der Waals surface area contributed by atoms with E-state index in [1.807, 2.05) is 14.1 Å². The van der Waals surface area contributed by atoms with Gasteiger partial charge in [-0.25, -0.2) is 11.0 Å². The standard InChI is InChI=1S/C7H15NO.C6H13NO/c1-8-9-7-5-3-2-4-6-7;1-7-8-6-4-2-3-5-6/h7-8H,2-6H2,1H3;6-7H,2-5H2,1H3. The van der Waals surface area contributed by atoms with Gasteiger partial charge < -0.3 is 0 Å². The minimum atomic E-state index is 0.490. The molecule has 0 bridgehead atoms. The smallest absolute Gasteiger partial charge is 0.0790 e. The molecule has 0 heterocycles. The highest BCUT2D eigenvalue weighted by Gasteiger charge is 2.14. The van der Waals surface area contributed by atoms with Crippen molar-refractivity contribution in [2.75, 3.05) is 14.1 Å². The molecule has 17 heavy (non-hydrogen) atoms. The van der Waals surface area contributed by atoms with E-state index in [4.69, 9.17) is 9.68 Å². The van der Waals surface area contributed by atoms with Crippen LogP contribution in [0.5, 0.6) is 0 Å². The van der Waals surface area contributed by atoms with Gasteiger partial charge in [0.2, 0.25) is 0 Å². The van der Waals surface area contributed by atoms with Crippen molar-refractivity contribution in [1.29, 1.82) is 0 Å². The molecule has 0 unspecified atom stereocenters. The quantitative estimate of drug-likeness (QED) is 0.746. The summed E-state index contributed by atoms with van der Waals surface area (Å²) in [6.45, 7) is 0. The van der Waals surface area contributed by atoms with Crippen LogP contribution in [0.3, 0.4) is 0 Å². The van der Waals surface area contributed by atoms with Crippen LogP contribution in [0, 0.1) is 0 Å². The summed E-state index contributed by atoms with van der Waals surface area (Å²) in [4.78, 5) is 10.4. The molecule has 0 saturated heterocycles. The number of hydroxylamine groups is 2. The fourth-order valence-corrected chi connectivity index (χ4v) is 2.52. The van der Waals surface area contributed by atoms with Crippen molar-refractivity contribution >= 4 is 0 Å². The van der Waals surface area contributed by atoms with Crippen LogP contribution in [-0.2, 0) is 9.68 Å². The first-order valence-electron chi connectivity index (χ1n) is 7.01. The molecule has 2 N–H and O–H groups in total. The molecule has 0 amide bonds. The van der Waals surface area contributed by atoms with Crippen molar-refractivity contribution in [1.82, 2.24) is 11.0 Å². The minimum absolute atomic E-state index is 0.490. The van der Waals surface area contributed by atoms with Gasteiger partial charge in [-0.05, 0) is 25.7 Å². The molecule has 2 saturated carbocycles. The van der Waals surface area contributed by atoms with Crippen molar-refractivity contribution in [2.24, 2.45) is 0 Å². The highest BCUT2D eigenvalue weighted by Crippen LogP contribution is 2.19. The highest BCUT2D eigenvalue weighted by atomic mass is 16.7. The molecule has 2 aliphatic rings. The Morgan fingerprint density at radius 2 is 1.00 bits per heavy atom. The lowest BCUT2D eigenvalue weighted by molar-refractivity contribution is -0.0302. The zero-order valence-corrected chi connectivity index (χ0v) is 11.3. The summed E-state index contributed by atoms with van der Waals surface area (Å²) >= 11 is 0. The largest absolute Gasteiger partial charge is 0.299 e. The molecule has 2 fully saturated rings. The van der Waals surface area contributed by atoms with Gasteiger partial charge in [-0.1, -0.05) is 32.1 Å². The third-order valence-corrected chi connectivity index (χ3v) is 3.42. The predicted molar refractivity (Wildman–Crippen MR) is 69.4 cm³/mol. The fourth-order valence-electron chi connectivity index (χ4n) is 2.52. The second kappa shape index (κ2) is 9.83. The summed E-state index contributed by atoms with van der Waals surface area (Å²) in [6.07, 6.45) is 12.7. The van der Waals surface area contributed by atoms with Crippen molar-refractivity contribution in [3.05, 3.63) is 0 Å². The topological polar surface area (TPSA) is 42.5 Å². The Bertz CT molecular complexity index is 164. The van der Waals surface area contributed by atoms with E-state index in [9.17, 15) is 0 Å². The first kappa shape index (κ1) is 14.9. The third-order valence-electron chi connectivity index (χ3n) is 3.42. The molecule has 2 aliphatic carbocycles. The maximum Gasteiger partial charge on any atom is 0.0790 e. The van der Waals surface area contributed by atoms with Gasteiger partial charge in [0.1, 0.15) is 0 Å². The molecule has 0 aromatic heterocycles. The van der Waals surface area contributed by atoms with E-state index < -0.39 is 0 Å². The van der Waals surface area contributed by atoms with Crippen LogP contribution in [-0.4, -0.2) is 26.3 Å². The molecule has 0 radical (unpaired) electrons. The van der Waals surface area contributed by atoms with Crippen molar-refractivity contribution < 1.29 is 9.68 Å². The molecule has 0 aliphatic heterocycles. The summed E-state index contributed by atoms with van der Waals surface area (Å²) in [5.74, 6) is 0. The van der Waals surface area contributed by atoms with Crippen molar-refractivity contribution in [3.63, 3.8) is 0 Å². The van der Waals surface area contributed by atoms with E-state index in [1.165, 1.54) is 57.8 Å². The Labute approximate surface area is 105 Å². The second-order valence-electron chi connectivity index (χ2n) is 4.81. The normalized spacial score (nSPS) is 22.2. The number of nitrogens with one attached hydrogen (secondary N) is 2.